The van der Waals surface area contributed by atoms with E-state index in [1.54, 1.807) is 4.57 Å². The lowest BCUT2D eigenvalue weighted by Crippen LogP contribution is -2.23. The third kappa shape index (κ3) is 3.75. The highest BCUT2D eigenvalue weighted by Crippen LogP contribution is 2.20. The number of aromatic nitrogens is 2. The van der Waals surface area contributed by atoms with Gasteiger partial charge in [0, 0.05) is 8.59 Å². The minimum absolute atomic E-state index is 0.0754. The molecule has 1 heterocycles. The second-order valence-corrected chi connectivity index (χ2v) is 8.13. The molecule has 0 saturated carbocycles. The van der Waals surface area contributed by atoms with E-state index in [9.17, 15) is 4.79 Å². The second-order valence-electron chi connectivity index (χ2n) is 6.44. The Labute approximate surface area is 181 Å². The summed E-state index contributed by atoms with van der Waals surface area (Å²) in [6, 6.07) is 21.1. The number of fused-ring (bicyclic) bond motifs is 1. The lowest BCUT2D eigenvalue weighted by molar-refractivity contribution is 0.934. The van der Waals surface area contributed by atoms with Crippen molar-refractivity contribution in [2.45, 2.75) is 6.92 Å². The van der Waals surface area contributed by atoms with Gasteiger partial charge in [-0.05, 0) is 83.1 Å². The molecule has 28 heavy (non-hydrogen) atoms. The van der Waals surface area contributed by atoms with Crippen LogP contribution in [0.25, 0.3) is 28.7 Å². The molecule has 3 aromatic carbocycles. The molecule has 0 unspecified atom stereocenters. The first-order chi connectivity index (χ1) is 13.5. The fourth-order valence-corrected chi connectivity index (χ4v) is 3.70. The average Bonchev–Trinajstić information content (AvgIpc) is 2.69. The third-order valence-electron chi connectivity index (χ3n) is 4.51. The maximum Gasteiger partial charge on any atom is 0.266 e. The SMILES string of the molecule is Cc1ccccc1-n1c(C=Cc2ccc(Cl)cc2)nc2ccc(I)cc2c1=O. The number of nitrogens with zero attached hydrogens (tertiary/aromatic N) is 2. The van der Waals surface area contributed by atoms with Crippen LogP contribution in [0.1, 0.15) is 17.0 Å². The summed E-state index contributed by atoms with van der Waals surface area (Å²) in [6.07, 6.45) is 3.81. The molecule has 0 N–H and O–H groups in total. The minimum atomic E-state index is -0.0754. The smallest absolute Gasteiger partial charge is 0.266 e. The lowest BCUT2D eigenvalue weighted by atomic mass is 10.1. The maximum atomic E-state index is 13.4. The Hall–Kier alpha value is -2.44. The van der Waals surface area contributed by atoms with Crippen molar-refractivity contribution < 1.29 is 0 Å². The van der Waals surface area contributed by atoms with Crippen LogP contribution in [0.2, 0.25) is 5.02 Å². The molecule has 0 spiro atoms. The van der Waals surface area contributed by atoms with Crippen LogP contribution in [0.4, 0.5) is 0 Å². The van der Waals surface area contributed by atoms with Gasteiger partial charge in [0.05, 0.1) is 16.6 Å². The second kappa shape index (κ2) is 7.89. The summed E-state index contributed by atoms with van der Waals surface area (Å²) in [5.74, 6) is 0.586. The molecule has 0 fully saturated rings. The Balaban J connectivity index is 1.97. The Bertz CT molecular complexity index is 1260. The maximum absolute atomic E-state index is 13.4. The van der Waals surface area contributed by atoms with E-state index >= 15 is 0 Å². The van der Waals surface area contributed by atoms with E-state index in [-0.39, 0.29) is 5.56 Å². The van der Waals surface area contributed by atoms with Gasteiger partial charge in [-0.2, -0.15) is 0 Å². The Morgan fingerprint density at radius 2 is 1.75 bits per heavy atom. The van der Waals surface area contributed by atoms with Gasteiger partial charge in [-0.15, -0.1) is 0 Å². The van der Waals surface area contributed by atoms with Crippen LogP contribution < -0.4 is 5.56 Å². The summed E-state index contributed by atoms with van der Waals surface area (Å²) in [5.41, 5.74) is 3.44. The van der Waals surface area contributed by atoms with Gasteiger partial charge < -0.3 is 0 Å². The molecule has 0 atom stereocenters. The van der Waals surface area contributed by atoms with Crippen LogP contribution in [-0.2, 0) is 0 Å². The Kier molecular flexibility index (Phi) is 5.33. The molecule has 1 aromatic heterocycles. The molecular weight excluding hydrogens is 483 g/mol. The number of rotatable bonds is 3. The summed E-state index contributed by atoms with van der Waals surface area (Å²) in [6.45, 7) is 1.99. The van der Waals surface area contributed by atoms with Gasteiger partial charge in [0.15, 0.2) is 0 Å². The summed E-state index contributed by atoms with van der Waals surface area (Å²) in [5, 5.41) is 1.30. The normalized spacial score (nSPS) is 11.4. The summed E-state index contributed by atoms with van der Waals surface area (Å²) < 4.78 is 2.69. The van der Waals surface area contributed by atoms with Crippen molar-refractivity contribution in [3.05, 3.63) is 103 Å². The standard InChI is InChI=1S/C23H16ClIN2O/c1-15-4-2-3-5-21(15)27-22(13-8-16-6-9-17(24)10-7-16)26-20-12-11-18(25)14-19(20)23(27)28/h2-14H,1H3. The fraction of sp³-hybridized carbons (Fsp3) is 0.0435. The predicted octanol–water partition coefficient (Wildman–Crippen LogP) is 6.12. The molecule has 138 valence electrons. The molecule has 4 aromatic rings. The fourth-order valence-electron chi connectivity index (χ4n) is 3.08. The molecule has 0 saturated heterocycles. The van der Waals surface area contributed by atoms with E-state index in [0.29, 0.717) is 21.7 Å². The van der Waals surface area contributed by atoms with E-state index in [1.807, 2.05) is 85.8 Å². The van der Waals surface area contributed by atoms with E-state index in [0.717, 1.165) is 20.4 Å². The summed E-state index contributed by atoms with van der Waals surface area (Å²) in [7, 11) is 0. The van der Waals surface area contributed by atoms with Gasteiger partial charge in [0.1, 0.15) is 5.82 Å². The highest BCUT2D eigenvalue weighted by atomic mass is 127. The highest BCUT2D eigenvalue weighted by Gasteiger charge is 2.13. The number of para-hydroxylation sites is 1. The molecule has 4 rings (SSSR count). The van der Waals surface area contributed by atoms with Crippen molar-refractivity contribution in [1.29, 1.82) is 0 Å². The molecule has 0 aliphatic carbocycles. The van der Waals surface area contributed by atoms with Crippen molar-refractivity contribution in [2.75, 3.05) is 0 Å². The topological polar surface area (TPSA) is 34.9 Å². The molecule has 3 nitrogen and oxygen atoms in total. The van der Waals surface area contributed by atoms with E-state index < -0.39 is 0 Å². The molecule has 0 radical (unpaired) electrons. The van der Waals surface area contributed by atoms with Crippen molar-refractivity contribution in [1.82, 2.24) is 9.55 Å². The number of hydrogen-bond donors (Lipinski definition) is 0. The monoisotopic (exact) mass is 498 g/mol. The van der Waals surface area contributed by atoms with Crippen LogP contribution in [0.15, 0.2) is 71.5 Å². The van der Waals surface area contributed by atoms with E-state index in [1.165, 1.54) is 0 Å². The van der Waals surface area contributed by atoms with Gasteiger partial charge in [-0.25, -0.2) is 4.98 Å². The molecule has 0 aliphatic heterocycles. The van der Waals surface area contributed by atoms with Gasteiger partial charge >= 0.3 is 0 Å². The van der Waals surface area contributed by atoms with Gasteiger partial charge in [0.2, 0.25) is 0 Å². The first kappa shape index (κ1) is 18.9. The van der Waals surface area contributed by atoms with Crippen molar-refractivity contribution >= 4 is 57.2 Å². The highest BCUT2D eigenvalue weighted by molar-refractivity contribution is 14.1. The number of halogens is 2. The van der Waals surface area contributed by atoms with E-state index in [4.69, 9.17) is 16.6 Å². The first-order valence-electron chi connectivity index (χ1n) is 8.75. The van der Waals surface area contributed by atoms with Gasteiger partial charge in [-0.3, -0.25) is 9.36 Å². The minimum Gasteiger partial charge on any atom is -0.268 e. The van der Waals surface area contributed by atoms with Crippen LogP contribution in [0.5, 0.6) is 0 Å². The van der Waals surface area contributed by atoms with Gasteiger partial charge in [-0.1, -0.05) is 48.0 Å². The van der Waals surface area contributed by atoms with Crippen LogP contribution in [-0.4, -0.2) is 9.55 Å². The predicted molar refractivity (Wildman–Crippen MR) is 125 cm³/mol. The summed E-state index contributed by atoms with van der Waals surface area (Å²) in [4.78, 5) is 18.2. The van der Waals surface area contributed by atoms with Gasteiger partial charge in [0.25, 0.3) is 5.56 Å². The molecule has 5 heteroatoms. The zero-order chi connectivity index (χ0) is 19.7. The number of hydrogen-bond acceptors (Lipinski definition) is 2. The zero-order valence-electron chi connectivity index (χ0n) is 15.1. The summed E-state index contributed by atoms with van der Waals surface area (Å²) >= 11 is 8.18. The van der Waals surface area contributed by atoms with Crippen molar-refractivity contribution in [3.63, 3.8) is 0 Å². The quantitative estimate of drug-likeness (QED) is 0.319. The van der Waals surface area contributed by atoms with Crippen molar-refractivity contribution in [3.8, 4) is 5.69 Å². The first-order valence-corrected chi connectivity index (χ1v) is 10.2. The molecule has 0 amide bonds. The number of aryl methyl sites for hydroxylation is 1. The molecule has 0 aliphatic rings. The van der Waals surface area contributed by atoms with Crippen molar-refractivity contribution in [2.24, 2.45) is 0 Å². The lowest BCUT2D eigenvalue weighted by Gasteiger charge is -2.13. The Morgan fingerprint density at radius 3 is 2.50 bits per heavy atom. The van der Waals surface area contributed by atoms with Crippen LogP contribution in [0, 0.1) is 10.5 Å². The zero-order valence-corrected chi connectivity index (χ0v) is 18.0. The number of benzene rings is 3. The van der Waals surface area contributed by atoms with Crippen LogP contribution in [0.3, 0.4) is 0 Å². The largest absolute Gasteiger partial charge is 0.268 e. The average molecular weight is 499 g/mol. The molecular formula is C23H16ClIN2O. The third-order valence-corrected chi connectivity index (χ3v) is 5.43. The van der Waals surface area contributed by atoms with Crippen LogP contribution >= 0.6 is 34.2 Å². The Morgan fingerprint density at radius 1 is 1.00 bits per heavy atom. The molecule has 0 bridgehead atoms. The van der Waals surface area contributed by atoms with E-state index in [2.05, 4.69) is 22.6 Å².